The average Bonchev–Trinajstić information content (AvgIpc) is 2.86. The van der Waals surface area contributed by atoms with Gasteiger partial charge >= 0.3 is 0 Å². The fourth-order valence-electron chi connectivity index (χ4n) is 6.01. The number of hydrogen-bond donors (Lipinski definition) is 1. The maximum Gasteiger partial charge on any atom is 0.232 e. The zero-order chi connectivity index (χ0) is 14.7. The molecule has 4 aliphatic rings. The Morgan fingerprint density at radius 2 is 2.00 bits per heavy atom. The summed E-state index contributed by atoms with van der Waals surface area (Å²) >= 11 is 0. The molecule has 0 radical (unpaired) electrons. The Bertz CT molecular complexity index is 524. The van der Waals surface area contributed by atoms with Crippen LogP contribution in [0.5, 0.6) is 0 Å². The van der Waals surface area contributed by atoms with E-state index in [0.717, 1.165) is 30.6 Å². The van der Waals surface area contributed by atoms with Gasteiger partial charge in [0, 0.05) is 0 Å². The molecule has 21 heavy (non-hydrogen) atoms. The summed E-state index contributed by atoms with van der Waals surface area (Å²) in [5.41, 5.74) is 6.82. The van der Waals surface area contributed by atoms with Crippen LogP contribution < -0.4 is 5.73 Å². The molecule has 5 rings (SSSR count). The summed E-state index contributed by atoms with van der Waals surface area (Å²) in [5, 5.41) is 4.20. The van der Waals surface area contributed by atoms with Gasteiger partial charge in [0.2, 0.25) is 5.89 Å². The van der Waals surface area contributed by atoms with Crippen LogP contribution in [0, 0.1) is 17.3 Å². The van der Waals surface area contributed by atoms with Crippen molar-refractivity contribution in [3.63, 3.8) is 0 Å². The van der Waals surface area contributed by atoms with Gasteiger partial charge in [-0.15, -0.1) is 0 Å². The number of nitrogens with zero attached hydrogens (tertiary/aromatic N) is 2. The van der Waals surface area contributed by atoms with Crippen LogP contribution in [0.4, 0.5) is 0 Å². The molecule has 0 aromatic carbocycles. The number of aromatic nitrogens is 2. The van der Waals surface area contributed by atoms with Crippen molar-refractivity contribution in [2.75, 3.05) is 0 Å². The molecular formula is C17H27N3O. The predicted molar refractivity (Wildman–Crippen MR) is 80.6 cm³/mol. The van der Waals surface area contributed by atoms with Crippen LogP contribution in [0.25, 0.3) is 0 Å². The first-order valence-corrected chi connectivity index (χ1v) is 8.62. The van der Waals surface area contributed by atoms with Crippen LogP contribution in [0.2, 0.25) is 0 Å². The van der Waals surface area contributed by atoms with Gasteiger partial charge < -0.3 is 10.3 Å². The van der Waals surface area contributed by atoms with E-state index in [0.29, 0.717) is 11.2 Å². The van der Waals surface area contributed by atoms with Crippen molar-refractivity contribution in [3.05, 3.63) is 11.7 Å². The number of nitrogens with two attached hydrogens (primary N) is 1. The molecule has 1 aromatic rings. The second kappa shape index (κ2) is 4.55. The monoisotopic (exact) mass is 289 g/mol. The van der Waals surface area contributed by atoms with E-state index in [2.05, 4.69) is 19.0 Å². The van der Waals surface area contributed by atoms with Crippen molar-refractivity contribution in [1.82, 2.24) is 10.1 Å². The molecule has 2 N–H and O–H groups in total. The van der Waals surface area contributed by atoms with Gasteiger partial charge in [-0.1, -0.05) is 25.4 Å². The van der Waals surface area contributed by atoms with E-state index >= 15 is 0 Å². The highest BCUT2D eigenvalue weighted by molar-refractivity contribution is 5.18. The van der Waals surface area contributed by atoms with Crippen molar-refractivity contribution in [2.45, 2.75) is 76.7 Å². The third-order valence-corrected chi connectivity index (χ3v) is 6.18. The standard InChI is InChI=1S/C17H27N3O/c1-3-4-13(18)14-19-15(21-20-14)17-8-11-5-12(9-17)7-16(2,6-11)10-17/h11-13H,3-10,18H2,1-2H3. The Kier molecular flexibility index (Phi) is 2.97. The molecule has 4 bridgehead atoms. The Morgan fingerprint density at radius 1 is 1.29 bits per heavy atom. The van der Waals surface area contributed by atoms with Crippen molar-refractivity contribution < 1.29 is 4.52 Å². The summed E-state index contributed by atoms with van der Waals surface area (Å²) in [7, 11) is 0. The molecule has 1 aromatic heterocycles. The maximum absolute atomic E-state index is 6.15. The Hall–Kier alpha value is -0.900. The summed E-state index contributed by atoms with van der Waals surface area (Å²) in [6, 6.07) is -0.0722. The molecular weight excluding hydrogens is 262 g/mol. The van der Waals surface area contributed by atoms with E-state index in [9.17, 15) is 0 Å². The molecule has 4 fully saturated rings. The SMILES string of the molecule is CCCC(N)c1noc(C23CC4CC(CC(C)(C4)C2)C3)n1. The van der Waals surface area contributed by atoms with Gasteiger partial charge in [-0.2, -0.15) is 4.98 Å². The molecule has 0 amide bonds. The van der Waals surface area contributed by atoms with E-state index in [1.165, 1.54) is 38.5 Å². The smallest absolute Gasteiger partial charge is 0.232 e. The second-order valence-electron chi connectivity index (χ2n) is 8.40. The van der Waals surface area contributed by atoms with Crippen LogP contribution in [0.15, 0.2) is 4.52 Å². The quantitative estimate of drug-likeness (QED) is 0.917. The summed E-state index contributed by atoms with van der Waals surface area (Å²) in [5.74, 6) is 3.35. The van der Waals surface area contributed by atoms with Crippen LogP contribution in [-0.4, -0.2) is 10.1 Å². The first kappa shape index (κ1) is 13.7. The minimum Gasteiger partial charge on any atom is -0.339 e. The van der Waals surface area contributed by atoms with E-state index in [4.69, 9.17) is 15.2 Å². The number of rotatable bonds is 4. The lowest BCUT2D eigenvalue weighted by molar-refractivity contribution is -0.0724. The highest BCUT2D eigenvalue weighted by Gasteiger charge is 2.58. The highest BCUT2D eigenvalue weighted by Crippen LogP contribution is 2.65. The zero-order valence-corrected chi connectivity index (χ0v) is 13.3. The minimum absolute atomic E-state index is 0.0722. The van der Waals surface area contributed by atoms with Gasteiger partial charge in [0.15, 0.2) is 5.82 Å². The minimum atomic E-state index is -0.0722. The third-order valence-electron chi connectivity index (χ3n) is 6.18. The van der Waals surface area contributed by atoms with E-state index < -0.39 is 0 Å². The van der Waals surface area contributed by atoms with Crippen LogP contribution in [0.1, 0.15) is 83.0 Å². The van der Waals surface area contributed by atoms with Crippen molar-refractivity contribution in [3.8, 4) is 0 Å². The van der Waals surface area contributed by atoms with Gasteiger partial charge in [0.25, 0.3) is 0 Å². The molecule has 4 nitrogen and oxygen atoms in total. The fraction of sp³-hybridized carbons (Fsp3) is 0.882. The summed E-state index contributed by atoms with van der Waals surface area (Å²) < 4.78 is 5.72. The lowest BCUT2D eigenvalue weighted by Crippen LogP contribution is -2.53. The third kappa shape index (κ3) is 2.14. The van der Waals surface area contributed by atoms with Gasteiger partial charge in [-0.3, -0.25) is 0 Å². The summed E-state index contributed by atoms with van der Waals surface area (Å²) in [6.07, 6.45) is 9.95. The van der Waals surface area contributed by atoms with Gasteiger partial charge in [-0.05, 0) is 62.2 Å². The molecule has 0 spiro atoms. The zero-order valence-electron chi connectivity index (χ0n) is 13.3. The highest BCUT2D eigenvalue weighted by atomic mass is 16.5. The molecule has 1 heterocycles. The van der Waals surface area contributed by atoms with Crippen molar-refractivity contribution >= 4 is 0 Å². The topological polar surface area (TPSA) is 64.9 Å². The van der Waals surface area contributed by atoms with Gasteiger partial charge in [-0.25, -0.2) is 0 Å². The molecule has 3 unspecified atom stereocenters. The number of hydrogen-bond acceptors (Lipinski definition) is 4. The lowest BCUT2D eigenvalue weighted by atomic mass is 9.44. The molecule has 4 aliphatic carbocycles. The van der Waals surface area contributed by atoms with Crippen LogP contribution in [0.3, 0.4) is 0 Å². The van der Waals surface area contributed by atoms with E-state index in [-0.39, 0.29) is 11.5 Å². The Labute approximate surface area is 126 Å². The second-order valence-corrected chi connectivity index (χ2v) is 8.40. The molecule has 4 heteroatoms. The predicted octanol–water partition coefficient (Wildman–Crippen LogP) is 3.73. The maximum atomic E-state index is 6.15. The van der Waals surface area contributed by atoms with Gasteiger partial charge in [0.05, 0.1) is 11.5 Å². The molecule has 116 valence electrons. The average molecular weight is 289 g/mol. The van der Waals surface area contributed by atoms with E-state index in [1.807, 2.05) is 0 Å². The Balaban J connectivity index is 1.64. The van der Waals surface area contributed by atoms with Gasteiger partial charge in [0.1, 0.15) is 0 Å². The van der Waals surface area contributed by atoms with Crippen LogP contribution >= 0.6 is 0 Å². The molecule has 4 saturated carbocycles. The first-order valence-electron chi connectivity index (χ1n) is 8.62. The van der Waals surface area contributed by atoms with Crippen molar-refractivity contribution in [2.24, 2.45) is 23.0 Å². The molecule has 3 atom stereocenters. The molecule has 0 saturated heterocycles. The normalized spacial score (nSPS) is 42.4. The summed E-state index contributed by atoms with van der Waals surface area (Å²) in [6.45, 7) is 4.61. The fourth-order valence-corrected chi connectivity index (χ4v) is 6.01. The van der Waals surface area contributed by atoms with Crippen LogP contribution in [-0.2, 0) is 5.41 Å². The molecule has 0 aliphatic heterocycles. The lowest BCUT2D eigenvalue weighted by Gasteiger charge is -2.59. The van der Waals surface area contributed by atoms with E-state index in [1.54, 1.807) is 0 Å². The first-order chi connectivity index (χ1) is 10.0. The largest absolute Gasteiger partial charge is 0.339 e. The van der Waals surface area contributed by atoms with Crippen molar-refractivity contribution in [1.29, 1.82) is 0 Å². The summed E-state index contributed by atoms with van der Waals surface area (Å²) in [4.78, 5) is 4.75. The Morgan fingerprint density at radius 3 is 2.62 bits per heavy atom.